The molecule has 3 heteroatoms. The first-order valence-corrected chi connectivity index (χ1v) is 9.25. The van der Waals surface area contributed by atoms with Gasteiger partial charge in [-0.1, -0.05) is 44.6 Å². The maximum atomic E-state index is 12.9. The Balaban J connectivity index is 1.74. The number of benzene rings is 1. The summed E-state index contributed by atoms with van der Waals surface area (Å²) in [4.78, 5) is 12.9. The lowest BCUT2D eigenvalue weighted by atomic mass is 9.69. The molecule has 0 amide bonds. The molecule has 3 rings (SSSR count). The van der Waals surface area contributed by atoms with Gasteiger partial charge >= 0.3 is 5.97 Å². The maximum Gasteiger partial charge on any atom is 0.314 e. The minimum Gasteiger partial charge on any atom is -0.508 e. The van der Waals surface area contributed by atoms with E-state index >= 15 is 0 Å². The molecule has 1 aromatic rings. The van der Waals surface area contributed by atoms with Gasteiger partial charge in [-0.2, -0.15) is 0 Å². The first-order valence-electron chi connectivity index (χ1n) is 9.25. The first-order chi connectivity index (χ1) is 11.2. The van der Waals surface area contributed by atoms with Gasteiger partial charge in [0.15, 0.2) is 0 Å². The summed E-state index contributed by atoms with van der Waals surface area (Å²) in [6.45, 7) is 0. The zero-order chi connectivity index (χ0) is 16.1. The third-order valence-electron chi connectivity index (χ3n) is 5.62. The van der Waals surface area contributed by atoms with E-state index in [-0.39, 0.29) is 17.6 Å². The Labute approximate surface area is 139 Å². The Morgan fingerprint density at radius 2 is 1.52 bits per heavy atom. The van der Waals surface area contributed by atoms with Crippen molar-refractivity contribution < 1.29 is 14.6 Å². The number of hydrogen-bond acceptors (Lipinski definition) is 3. The van der Waals surface area contributed by atoms with Gasteiger partial charge in [0.2, 0.25) is 0 Å². The second-order valence-corrected chi connectivity index (χ2v) is 7.24. The van der Waals surface area contributed by atoms with Crippen LogP contribution >= 0.6 is 0 Å². The molecule has 0 unspecified atom stereocenters. The number of rotatable bonds is 4. The normalized spacial score (nSPS) is 20.6. The van der Waals surface area contributed by atoms with Gasteiger partial charge in [-0.3, -0.25) is 4.79 Å². The molecule has 2 aliphatic rings. The molecule has 2 fully saturated rings. The van der Waals surface area contributed by atoms with Gasteiger partial charge in [-0.25, -0.2) is 0 Å². The molecule has 0 radical (unpaired) electrons. The highest BCUT2D eigenvalue weighted by Crippen LogP contribution is 2.40. The lowest BCUT2D eigenvalue weighted by molar-refractivity contribution is -0.144. The summed E-state index contributed by atoms with van der Waals surface area (Å²) in [7, 11) is 0. The van der Waals surface area contributed by atoms with Crippen molar-refractivity contribution in [3.63, 3.8) is 0 Å². The van der Waals surface area contributed by atoms with E-state index in [4.69, 9.17) is 4.74 Å². The molecule has 126 valence electrons. The fourth-order valence-electron chi connectivity index (χ4n) is 4.49. The summed E-state index contributed by atoms with van der Waals surface area (Å²) in [5, 5.41) is 9.57. The molecule has 0 atom stereocenters. The van der Waals surface area contributed by atoms with Gasteiger partial charge < -0.3 is 9.84 Å². The molecule has 0 aliphatic heterocycles. The van der Waals surface area contributed by atoms with Gasteiger partial charge in [-0.15, -0.1) is 0 Å². The van der Waals surface area contributed by atoms with E-state index in [9.17, 15) is 9.90 Å². The highest BCUT2D eigenvalue weighted by Gasteiger charge is 2.37. The largest absolute Gasteiger partial charge is 0.508 e. The highest BCUT2D eigenvalue weighted by atomic mass is 16.5. The molecule has 2 aliphatic carbocycles. The number of ether oxygens (including phenoxy) is 1. The Hall–Kier alpha value is -1.51. The van der Waals surface area contributed by atoms with Crippen LogP contribution in [0.15, 0.2) is 24.3 Å². The van der Waals surface area contributed by atoms with E-state index in [1.54, 1.807) is 18.2 Å². The van der Waals surface area contributed by atoms with E-state index in [1.165, 1.54) is 44.6 Å². The average Bonchev–Trinajstić information content (AvgIpc) is 2.57. The molecule has 0 bridgehead atoms. The summed E-state index contributed by atoms with van der Waals surface area (Å²) >= 11 is 0. The van der Waals surface area contributed by atoms with Crippen LogP contribution in [0.25, 0.3) is 0 Å². The lowest BCUT2D eigenvalue weighted by Gasteiger charge is -2.36. The van der Waals surface area contributed by atoms with Crippen LogP contribution in [0.4, 0.5) is 0 Å². The summed E-state index contributed by atoms with van der Waals surface area (Å²) in [6, 6.07) is 6.58. The Morgan fingerprint density at radius 3 is 2.04 bits per heavy atom. The van der Waals surface area contributed by atoms with Crippen molar-refractivity contribution in [2.45, 2.75) is 64.2 Å². The quantitative estimate of drug-likeness (QED) is 0.623. The molecule has 1 aromatic carbocycles. The Kier molecular flexibility index (Phi) is 5.58. The summed E-state index contributed by atoms with van der Waals surface area (Å²) in [6.07, 6.45) is 12.2. The monoisotopic (exact) mass is 316 g/mol. The van der Waals surface area contributed by atoms with Crippen LogP contribution in [0, 0.1) is 17.8 Å². The molecule has 1 N–H and O–H groups in total. The lowest BCUT2D eigenvalue weighted by Crippen LogP contribution is -2.36. The van der Waals surface area contributed by atoms with Crippen molar-refractivity contribution in [2.75, 3.05) is 0 Å². The summed E-state index contributed by atoms with van der Waals surface area (Å²) in [5.74, 6) is 1.54. The van der Waals surface area contributed by atoms with E-state index in [1.807, 2.05) is 0 Å². The van der Waals surface area contributed by atoms with Crippen molar-refractivity contribution in [1.82, 2.24) is 0 Å². The predicted octanol–water partition coefficient (Wildman–Crippen LogP) is 5.07. The number of esters is 1. The number of aromatic hydroxyl groups is 1. The molecule has 0 aromatic heterocycles. The minimum atomic E-state index is -0.0746. The second kappa shape index (κ2) is 7.85. The topological polar surface area (TPSA) is 46.5 Å². The van der Waals surface area contributed by atoms with Crippen LogP contribution in [-0.4, -0.2) is 11.1 Å². The minimum absolute atomic E-state index is 0.0398. The Bertz CT molecular complexity index is 495. The zero-order valence-electron chi connectivity index (χ0n) is 13.9. The molecule has 2 saturated carbocycles. The van der Waals surface area contributed by atoms with Crippen molar-refractivity contribution in [3.8, 4) is 11.5 Å². The fraction of sp³-hybridized carbons (Fsp3) is 0.650. The second-order valence-electron chi connectivity index (χ2n) is 7.24. The van der Waals surface area contributed by atoms with E-state index in [2.05, 4.69) is 0 Å². The smallest absolute Gasteiger partial charge is 0.314 e. The van der Waals surface area contributed by atoms with Crippen LogP contribution in [-0.2, 0) is 4.79 Å². The average molecular weight is 316 g/mol. The van der Waals surface area contributed by atoms with Crippen molar-refractivity contribution in [3.05, 3.63) is 24.3 Å². The number of hydrogen-bond donors (Lipinski definition) is 1. The van der Waals surface area contributed by atoms with Gasteiger partial charge in [0, 0.05) is 6.07 Å². The fourth-order valence-corrected chi connectivity index (χ4v) is 4.49. The molecular weight excluding hydrogens is 288 g/mol. The van der Waals surface area contributed by atoms with Crippen molar-refractivity contribution >= 4 is 5.97 Å². The summed E-state index contributed by atoms with van der Waals surface area (Å²) < 4.78 is 5.66. The number of carbonyl (C=O) groups is 1. The zero-order valence-corrected chi connectivity index (χ0v) is 13.9. The van der Waals surface area contributed by atoms with E-state index in [0.717, 1.165) is 25.7 Å². The first kappa shape index (κ1) is 16.4. The van der Waals surface area contributed by atoms with Gasteiger partial charge in [0.25, 0.3) is 0 Å². The van der Waals surface area contributed by atoms with Crippen LogP contribution in [0.2, 0.25) is 0 Å². The molecule has 0 spiro atoms. The van der Waals surface area contributed by atoms with E-state index < -0.39 is 0 Å². The maximum absolute atomic E-state index is 12.9. The molecule has 0 saturated heterocycles. The molecule has 23 heavy (non-hydrogen) atoms. The molecule has 3 nitrogen and oxygen atoms in total. The van der Waals surface area contributed by atoms with Gasteiger partial charge in [0.1, 0.15) is 11.5 Å². The molecule has 0 heterocycles. The predicted molar refractivity (Wildman–Crippen MR) is 90.4 cm³/mol. The third-order valence-corrected chi connectivity index (χ3v) is 5.62. The Morgan fingerprint density at radius 1 is 0.957 bits per heavy atom. The van der Waals surface area contributed by atoms with Crippen molar-refractivity contribution in [2.24, 2.45) is 17.8 Å². The molecular formula is C20H28O3. The van der Waals surface area contributed by atoms with Gasteiger partial charge in [-0.05, 0) is 49.7 Å². The van der Waals surface area contributed by atoms with Crippen LogP contribution in [0.5, 0.6) is 11.5 Å². The van der Waals surface area contributed by atoms with Crippen LogP contribution in [0.1, 0.15) is 64.2 Å². The van der Waals surface area contributed by atoms with Gasteiger partial charge in [0.05, 0.1) is 5.92 Å². The summed E-state index contributed by atoms with van der Waals surface area (Å²) in [5.41, 5.74) is 0. The third kappa shape index (κ3) is 4.27. The SMILES string of the molecule is O=C(Oc1cccc(O)c1)C(C1CCCCC1)C1CCCCC1. The van der Waals surface area contributed by atoms with Crippen LogP contribution < -0.4 is 4.74 Å². The van der Waals surface area contributed by atoms with E-state index in [0.29, 0.717) is 17.6 Å². The highest BCUT2D eigenvalue weighted by molar-refractivity contribution is 5.76. The van der Waals surface area contributed by atoms with Crippen molar-refractivity contribution in [1.29, 1.82) is 0 Å². The van der Waals surface area contributed by atoms with Crippen LogP contribution in [0.3, 0.4) is 0 Å². The standard InChI is InChI=1S/C20H28O3/c21-17-12-7-13-18(14-17)23-20(22)19(15-8-3-1-4-9-15)16-10-5-2-6-11-16/h7,12-16,19,21H,1-6,8-11H2. The number of phenolic OH excluding ortho intramolecular Hbond substituents is 1. The number of phenols is 1. The number of carbonyl (C=O) groups excluding carboxylic acids is 1.